The zero-order chi connectivity index (χ0) is 46.5. The van der Waals surface area contributed by atoms with Gasteiger partial charge in [0.1, 0.15) is 6.10 Å². The molecule has 0 aromatic rings. The van der Waals surface area contributed by atoms with E-state index in [1.807, 2.05) is 6.08 Å². The highest BCUT2D eigenvalue weighted by Gasteiger charge is 2.22. The molecule has 5 heteroatoms. The number of unbranched alkanes of at least 4 members (excludes halogenated alkanes) is 41. The first-order valence-electron chi connectivity index (χ1n) is 28.8. The topological polar surface area (TPSA) is 89.8 Å². The quantitative estimate of drug-likeness (QED) is 0.0362. The summed E-state index contributed by atoms with van der Waals surface area (Å²) in [6, 6.07) is -0.816. The SMILES string of the molecule is CCCCCCCCCCCCCC/C=C\CCCCCCCCCCCCC(O)C(=O)NC(CO)C(O)/C=C/CC/C=C/CCCCCCCCCCCCCCCCCCCC. The predicted octanol–water partition coefficient (Wildman–Crippen LogP) is 17.8. The van der Waals surface area contributed by atoms with Crippen LogP contribution in [0.4, 0.5) is 0 Å². The monoisotopic (exact) mass is 900 g/mol. The summed E-state index contributed by atoms with van der Waals surface area (Å²) in [5, 5.41) is 33.4. The standard InChI is InChI=1S/C59H113NO4/c1-3-5-7-9-11-13-15-17-19-21-23-25-27-29-30-32-34-36-38-40-42-44-46-48-50-52-54-58(63)59(64)60-56(55-61)57(62)53-51-49-47-45-43-41-39-37-35-33-31-28-26-24-22-20-18-16-14-12-10-8-6-4-2/h29-30,43,45,51,53,56-58,61-63H,3-28,31-42,44,46-50,52,54-55H2,1-2H3,(H,60,64)/b30-29-,45-43+,53-51+. The molecule has 3 unspecified atom stereocenters. The zero-order valence-corrected chi connectivity index (χ0v) is 43.2. The third kappa shape index (κ3) is 48.5. The van der Waals surface area contributed by atoms with Gasteiger partial charge in [-0.3, -0.25) is 4.79 Å². The second-order valence-electron chi connectivity index (χ2n) is 19.8. The Hall–Kier alpha value is -1.43. The van der Waals surface area contributed by atoms with E-state index in [0.29, 0.717) is 6.42 Å². The van der Waals surface area contributed by atoms with Crippen LogP contribution in [0.15, 0.2) is 36.5 Å². The fourth-order valence-electron chi connectivity index (χ4n) is 8.96. The molecule has 0 aromatic heterocycles. The Morgan fingerprint density at radius 1 is 0.375 bits per heavy atom. The molecule has 0 aliphatic heterocycles. The molecule has 378 valence electrons. The van der Waals surface area contributed by atoms with Crippen LogP contribution in [0.3, 0.4) is 0 Å². The lowest BCUT2D eigenvalue weighted by Crippen LogP contribution is -2.48. The first-order valence-corrected chi connectivity index (χ1v) is 28.8. The van der Waals surface area contributed by atoms with Crippen molar-refractivity contribution in [1.29, 1.82) is 0 Å². The van der Waals surface area contributed by atoms with E-state index in [-0.39, 0.29) is 6.61 Å². The number of allylic oxidation sites excluding steroid dienone is 5. The van der Waals surface area contributed by atoms with Gasteiger partial charge in [0, 0.05) is 0 Å². The second-order valence-corrected chi connectivity index (χ2v) is 19.8. The van der Waals surface area contributed by atoms with E-state index < -0.39 is 24.2 Å². The Morgan fingerprint density at radius 2 is 0.641 bits per heavy atom. The zero-order valence-electron chi connectivity index (χ0n) is 43.2. The van der Waals surface area contributed by atoms with Gasteiger partial charge in [-0.2, -0.15) is 0 Å². The third-order valence-corrected chi connectivity index (χ3v) is 13.5. The molecule has 3 atom stereocenters. The van der Waals surface area contributed by atoms with Gasteiger partial charge in [-0.15, -0.1) is 0 Å². The number of rotatable bonds is 53. The molecule has 0 radical (unpaired) electrons. The van der Waals surface area contributed by atoms with Gasteiger partial charge in [-0.1, -0.05) is 288 Å². The lowest BCUT2D eigenvalue weighted by atomic mass is 10.0. The number of hydrogen-bond acceptors (Lipinski definition) is 4. The van der Waals surface area contributed by atoms with Crippen molar-refractivity contribution in [3.8, 4) is 0 Å². The summed E-state index contributed by atoms with van der Waals surface area (Å²) in [7, 11) is 0. The fourth-order valence-corrected chi connectivity index (χ4v) is 8.96. The minimum absolute atomic E-state index is 0.375. The van der Waals surface area contributed by atoms with Crippen LogP contribution in [-0.2, 0) is 4.79 Å². The van der Waals surface area contributed by atoms with Crippen molar-refractivity contribution < 1.29 is 20.1 Å². The summed E-state index contributed by atoms with van der Waals surface area (Å²) in [4.78, 5) is 12.6. The average Bonchev–Trinajstić information content (AvgIpc) is 3.30. The Labute approximate surface area is 400 Å². The van der Waals surface area contributed by atoms with Gasteiger partial charge in [-0.25, -0.2) is 0 Å². The number of carbonyl (C=O) groups is 1. The lowest BCUT2D eigenvalue weighted by Gasteiger charge is -2.21. The Morgan fingerprint density at radius 3 is 0.953 bits per heavy atom. The average molecular weight is 901 g/mol. The Balaban J connectivity index is 3.60. The molecule has 0 rings (SSSR count). The number of aliphatic hydroxyl groups is 3. The molecule has 0 aliphatic rings. The largest absolute Gasteiger partial charge is 0.394 e. The van der Waals surface area contributed by atoms with Crippen LogP contribution in [0.1, 0.15) is 309 Å². The summed E-state index contributed by atoms with van der Waals surface area (Å²) in [6.07, 6.45) is 70.9. The van der Waals surface area contributed by atoms with Crippen molar-refractivity contribution in [1.82, 2.24) is 5.32 Å². The van der Waals surface area contributed by atoms with Gasteiger partial charge in [0.05, 0.1) is 18.8 Å². The second kappa shape index (κ2) is 54.2. The molecule has 0 spiro atoms. The van der Waals surface area contributed by atoms with Crippen LogP contribution >= 0.6 is 0 Å². The first kappa shape index (κ1) is 62.6. The minimum Gasteiger partial charge on any atom is -0.394 e. The Bertz CT molecular complexity index is 993. The molecule has 0 fully saturated rings. The number of carbonyl (C=O) groups excluding carboxylic acids is 1. The van der Waals surface area contributed by atoms with Gasteiger partial charge >= 0.3 is 0 Å². The third-order valence-electron chi connectivity index (χ3n) is 13.5. The predicted molar refractivity (Wildman–Crippen MR) is 282 cm³/mol. The van der Waals surface area contributed by atoms with Gasteiger partial charge in [0.15, 0.2) is 0 Å². The van der Waals surface area contributed by atoms with E-state index >= 15 is 0 Å². The van der Waals surface area contributed by atoms with Crippen molar-refractivity contribution in [3.05, 3.63) is 36.5 Å². The van der Waals surface area contributed by atoms with E-state index in [1.165, 1.54) is 250 Å². The molecule has 0 saturated carbocycles. The molecule has 5 nitrogen and oxygen atoms in total. The molecule has 4 N–H and O–H groups in total. The van der Waals surface area contributed by atoms with E-state index in [0.717, 1.165) is 38.5 Å². The normalized spacial score (nSPS) is 13.5. The molecular weight excluding hydrogens is 787 g/mol. The number of hydrogen-bond donors (Lipinski definition) is 4. The minimum atomic E-state index is -1.11. The van der Waals surface area contributed by atoms with Crippen molar-refractivity contribution in [2.24, 2.45) is 0 Å². The van der Waals surface area contributed by atoms with E-state index in [4.69, 9.17) is 0 Å². The van der Waals surface area contributed by atoms with Crippen LogP contribution in [0, 0.1) is 0 Å². The smallest absolute Gasteiger partial charge is 0.249 e. The lowest BCUT2D eigenvalue weighted by molar-refractivity contribution is -0.131. The van der Waals surface area contributed by atoms with Crippen LogP contribution in [0.5, 0.6) is 0 Å². The molecule has 1 amide bonds. The van der Waals surface area contributed by atoms with Gasteiger partial charge in [0.2, 0.25) is 5.91 Å². The number of amides is 1. The van der Waals surface area contributed by atoms with E-state index in [9.17, 15) is 20.1 Å². The summed E-state index contributed by atoms with van der Waals surface area (Å²) in [5.74, 6) is -0.510. The van der Waals surface area contributed by atoms with Gasteiger partial charge < -0.3 is 20.6 Å². The summed E-state index contributed by atoms with van der Waals surface area (Å²) < 4.78 is 0. The number of nitrogens with one attached hydrogen (secondary N) is 1. The van der Waals surface area contributed by atoms with Crippen molar-refractivity contribution in [2.45, 2.75) is 327 Å². The molecule has 64 heavy (non-hydrogen) atoms. The molecule has 0 aliphatic carbocycles. The Kier molecular flexibility index (Phi) is 53.0. The maximum absolute atomic E-state index is 12.6. The van der Waals surface area contributed by atoms with E-state index in [1.54, 1.807) is 6.08 Å². The maximum atomic E-state index is 12.6. The van der Waals surface area contributed by atoms with Crippen molar-refractivity contribution >= 4 is 5.91 Å². The van der Waals surface area contributed by atoms with Crippen molar-refractivity contribution in [3.63, 3.8) is 0 Å². The van der Waals surface area contributed by atoms with Gasteiger partial charge in [0.25, 0.3) is 0 Å². The molecular formula is C59H113NO4. The van der Waals surface area contributed by atoms with Crippen molar-refractivity contribution in [2.75, 3.05) is 6.61 Å². The first-order chi connectivity index (χ1) is 31.6. The highest BCUT2D eigenvalue weighted by atomic mass is 16.3. The molecule has 0 heterocycles. The maximum Gasteiger partial charge on any atom is 0.249 e. The van der Waals surface area contributed by atoms with Crippen LogP contribution in [0.2, 0.25) is 0 Å². The fraction of sp³-hybridized carbons (Fsp3) is 0.881. The molecule has 0 saturated heterocycles. The van der Waals surface area contributed by atoms with Crippen LogP contribution in [0.25, 0.3) is 0 Å². The van der Waals surface area contributed by atoms with Crippen LogP contribution < -0.4 is 5.32 Å². The number of aliphatic hydroxyl groups excluding tert-OH is 3. The van der Waals surface area contributed by atoms with E-state index in [2.05, 4.69) is 43.5 Å². The highest BCUT2D eigenvalue weighted by Crippen LogP contribution is 2.17. The molecule has 0 aromatic carbocycles. The summed E-state index contributed by atoms with van der Waals surface area (Å²) in [6.45, 7) is 4.21. The van der Waals surface area contributed by atoms with Crippen LogP contribution in [-0.4, -0.2) is 46.1 Å². The summed E-state index contributed by atoms with van der Waals surface area (Å²) in [5.41, 5.74) is 0. The molecule has 0 bridgehead atoms. The highest BCUT2D eigenvalue weighted by molar-refractivity contribution is 5.80. The summed E-state index contributed by atoms with van der Waals surface area (Å²) >= 11 is 0. The van der Waals surface area contributed by atoms with Gasteiger partial charge in [-0.05, 0) is 57.8 Å².